The van der Waals surface area contributed by atoms with Crippen LogP contribution in [-0.4, -0.2) is 29.4 Å². The van der Waals surface area contributed by atoms with Crippen LogP contribution in [0.1, 0.15) is 110 Å². The van der Waals surface area contributed by atoms with E-state index < -0.39 is 21.5 Å². The molecule has 0 aromatic carbocycles. The van der Waals surface area contributed by atoms with Gasteiger partial charge in [0.2, 0.25) is 0 Å². The summed E-state index contributed by atoms with van der Waals surface area (Å²) in [6.07, 6.45) is 14.4. The summed E-state index contributed by atoms with van der Waals surface area (Å²) in [5, 5.41) is 8.84. The number of hydrogen-bond donors (Lipinski definition) is 1. The van der Waals surface area contributed by atoms with Crippen molar-refractivity contribution < 1.29 is 47.6 Å². The van der Waals surface area contributed by atoms with Crippen LogP contribution in [0, 0.1) is 0 Å². The summed E-state index contributed by atoms with van der Waals surface area (Å²) < 4.78 is 34.0. The number of hydrogen-bond acceptors (Lipinski definition) is 4. The van der Waals surface area contributed by atoms with Crippen molar-refractivity contribution >= 4 is 10.1 Å². The maximum Gasteiger partial charge on any atom is 1.00 e. The minimum Gasteiger partial charge on any atom is -0.748 e. The first-order valence-corrected chi connectivity index (χ1v) is 11.5. The van der Waals surface area contributed by atoms with Gasteiger partial charge in [-0.15, -0.1) is 0 Å². The van der Waals surface area contributed by atoms with Crippen LogP contribution in [0.3, 0.4) is 0 Å². The third kappa shape index (κ3) is 16.7. The number of unbranched alkanes of at least 4 members (excludes halogenated alkanes) is 11. The van der Waals surface area contributed by atoms with Gasteiger partial charge in [-0.1, -0.05) is 97.3 Å². The van der Waals surface area contributed by atoms with Crippen molar-refractivity contribution in [1.82, 2.24) is 0 Å². The topological polar surface area (TPSA) is 77.4 Å². The predicted octanol–water partition coefficient (Wildman–Crippen LogP) is 2.16. The average Bonchev–Trinajstić information content (AvgIpc) is 2.52. The molecular formula is C19H39NaO4S. The summed E-state index contributed by atoms with van der Waals surface area (Å²) in [7, 11) is -4.41. The summed E-state index contributed by atoms with van der Waals surface area (Å²) in [5.41, 5.74) is 0. The van der Waals surface area contributed by atoms with Gasteiger partial charge < -0.3 is 9.66 Å². The summed E-state index contributed by atoms with van der Waals surface area (Å²) >= 11 is 0. The second-order valence-corrected chi connectivity index (χ2v) is 8.66. The molecular weight excluding hydrogens is 347 g/mol. The molecule has 0 spiro atoms. The Morgan fingerprint density at radius 2 is 1.12 bits per heavy atom. The van der Waals surface area contributed by atoms with Gasteiger partial charge in [-0.3, -0.25) is 0 Å². The molecule has 0 amide bonds. The molecule has 2 unspecified atom stereocenters. The minimum absolute atomic E-state index is 0. The van der Waals surface area contributed by atoms with Gasteiger partial charge >= 0.3 is 29.6 Å². The molecule has 0 aliphatic rings. The first-order valence-electron chi connectivity index (χ1n) is 10.1. The Balaban J connectivity index is 0. The van der Waals surface area contributed by atoms with E-state index >= 15 is 0 Å². The van der Waals surface area contributed by atoms with Crippen molar-refractivity contribution in [3.05, 3.63) is 0 Å². The molecule has 0 aromatic heterocycles. The molecule has 0 fully saturated rings. The Morgan fingerprint density at radius 3 is 1.52 bits per heavy atom. The Morgan fingerprint density at radius 1 is 0.720 bits per heavy atom. The van der Waals surface area contributed by atoms with E-state index in [0.29, 0.717) is 19.3 Å². The fourth-order valence-electron chi connectivity index (χ4n) is 3.14. The van der Waals surface area contributed by atoms with Crippen LogP contribution in [0.5, 0.6) is 0 Å². The van der Waals surface area contributed by atoms with Gasteiger partial charge in [0.05, 0.1) is 11.4 Å². The first kappa shape index (κ1) is 28.1. The second kappa shape index (κ2) is 18.2. The summed E-state index contributed by atoms with van der Waals surface area (Å²) in [5.74, 6) is 0. The molecule has 0 radical (unpaired) electrons. The third-order valence-electron chi connectivity index (χ3n) is 4.75. The maximum absolute atomic E-state index is 11.3. The SMILES string of the molecule is CCCCCCCCCCCCCC(C(O)CCCC)S(=O)(=O)[O-].[Na+]. The van der Waals surface area contributed by atoms with Crippen LogP contribution in [0.15, 0.2) is 0 Å². The largest absolute Gasteiger partial charge is 1.00 e. The number of rotatable bonds is 17. The van der Waals surface area contributed by atoms with Crippen molar-refractivity contribution in [2.75, 3.05) is 0 Å². The van der Waals surface area contributed by atoms with Crippen LogP contribution < -0.4 is 29.6 Å². The van der Waals surface area contributed by atoms with Gasteiger partial charge in [0.25, 0.3) is 0 Å². The molecule has 0 rings (SSSR count). The van der Waals surface area contributed by atoms with Gasteiger partial charge in [-0.05, 0) is 12.8 Å². The van der Waals surface area contributed by atoms with Gasteiger partial charge in [0.1, 0.15) is 10.1 Å². The van der Waals surface area contributed by atoms with Crippen molar-refractivity contribution in [2.24, 2.45) is 0 Å². The van der Waals surface area contributed by atoms with E-state index in [1.807, 2.05) is 6.92 Å². The molecule has 0 heterocycles. The number of aliphatic hydroxyl groups excluding tert-OH is 1. The zero-order valence-corrected chi connectivity index (χ0v) is 19.7. The Labute approximate surface area is 178 Å². The minimum atomic E-state index is -4.41. The third-order valence-corrected chi connectivity index (χ3v) is 6.04. The van der Waals surface area contributed by atoms with E-state index in [9.17, 15) is 18.1 Å². The van der Waals surface area contributed by atoms with Gasteiger partial charge in [-0.2, -0.15) is 0 Å². The van der Waals surface area contributed by atoms with Gasteiger partial charge in [-0.25, -0.2) is 8.42 Å². The van der Waals surface area contributed by atoms with Crippen LogP contribution in [0.4, 0.5) is 0 Å². The van der Waals surface area contributed by atoms with Crippen LogP contribution in [-0.2, 0) is 10.1 Å². The molecule has 4 nitrogen and oxygen atoms in total. The van der Waals surface area contributed by atoms with E-state index in [1.54, 1.807) is 0 Å². The van der Waals surface area contributed by atoms with Gasteiger partial charge in [0, 0.05) is 0 Å². The molecule has 0 saturated heterocycles. The standard InChI is InChI=1S/C19H40O4S.Na/c1-3-5-7-8-9-10-11-12-13-14-15-17-19(24(21,22)23)18(20)16-6-4-2;/h18-20H,3-17H2,1-2H3,(H,21,22,23);/q;+1/p-1. The van der Waals surface area contributed by atoms with Crippen molar-refractivity contribution in [3.8, 4) is 0 Å². The summed E-state index contributed by atoms with van der Waals surface area (Å²) in [6.45, 7) is 4.21. The molecule has 0 aliphatic carbocycles. The number of aliphatic hydroxyl groups is 1. The molecule has 6 heteroatoms. The van der Waals surface area contributed by atoms with Crippen molar-refractivity contribution in [3.63, 3.8) is 0 Å². The first-order chi connectivity index (χ1) is 11.4. The molecule has 0 aromatic rings. The van der Waals surface area contributed by atoms with Crippen LogP contribution in [0.25, 0.3) is 0 Å². The monoisotopic (exact) mass is 386 g/mol. The van der Waals surface area contributed by atoms with E-state index in [4.69, 9.17) is 0 Å². The Hall–Kier alpha value is 0.870. The second-order valence-electron chi connectivity index (χ2n) is 7.07. The van der Waals surface area contributed by atoms with E-state index in [0.717, 1.165) is 25.7 Å². The van der Waals surface area contributed by atoms with Crippen molar-refractivity contribution in [2.45, 2.75) is 122 Å². The van der Waals surface area contributed by atoms with E-state index in [1.165, 1.54) is 51.4 Å². The molecule has 0 aliphatic heterocycles. The maximum atomic E-state index is 11.3. The van der Waals surface area contributed by atoms with E-state index in [-0.39, 0.29) is 29.6 Å². The summed E-state index contributed by atoms with van der Waals surface area (Å²) in [6, 6.07) is 0. The van der Waals surface area contributed by atoms with Crippen molar-refractivity contribution in [1.29, 1.82) is 0 Å². The van der Waals surface area contributed by atoms with Crippen LogP contribution in [0.2, 0.25) is 0 Å². The smallest absolute Gasteiger partial charge is 0.748 e. The zero-order chi connectivity index (χ0) is 18.3. The Kier molecular flexibility index (Phi) is 20.5. The molecule has 25 heavy (non-hydrogen) atoms. The Bertz CT molecular complexity index is 374. The molecule has 0 saturated carbocycles. The summed E-state index contributed by atoms with van der Waals surface area (Å²) in [4.78, 5) is 0. The fourth-order valence-corrected chi connectivity index (χ4v) is 4.11. The van der Waals surface area contributed by atoms with Gasteiger partial charge in [0.15, 0.2) is 0 Å². The quantitative estimate of drug-likeness (QED) is 0.236. The molecule has 146 valence electrons. The fraction of sp³-hybridized carbons (Fsp3) is 1.00. The van der Waals surface area contributed by atoms with E-state index in [2.05, 4.69) is 6.92 Å². The zero-order valence-electron chi connectivity index (χ0n) is 16.8. The average molecular weight is 387 g/mol. The predicted molar refractivity (Wildman–Crippen MR) is 100 cm³/mol. The normalized spacial score (nSPS) is 14.1. The molecule has 1 N–H and O–H groups in total. The molecule has 2 atom stereocenters. The van der Waals surface area contributed by atoms with Crippen LogP contribution >= 0.6 is 0 Å². The molecule has 0 bridgehead atoms.